The van der Waals surface area contributed by atoms with Crippen LogP contribution in [0.25, 0.3) is 0 Å². The molecule has 1 aromatic carbocycles. The van der Waals surface area contributed by atoms with Crippen LogP contribution in [-0.2, 0) is 13.0 Å². The van der Waals surface area contributed by atoms with Crippen LogP contribution in [0.4, 0.5) is 0 Å². The van der Waals surface area contributed by atoms with Gasteiger partial charge in [0.2, 0.25) is 0 Å². The molecule has 2 aromatic rings. The average Bonchev–Trinajstić information content (AvgIpc) is 2.76. The predicted octanol–water partition coefficient (Wildman–Crippen LogP) is 3.93. The first kappa shape index (κ1) is 15.5. The number of rotatable bonds is 6. The molecule has 0 fully saturated rings. The first-order chi connectivity index (χ1) is 9.95. The number of carbonyl (C=O) groups is 1. The summed E-state index contributed by atoms with van der Waals surface area (Å²) >= 11 is 1.67. The average molecular weight is 305 g/mol. The summed E-state index contributed by atoms with van der Waals surface area (Å²) in [6.45, 7) is 6.74. The first-order valence-electron chi connectivity index (χ1n) is 6.87. The summed E-state index contributed by atoms with van der Waals surface area (Å²) in [5.74, 6) is 0.193. The van der Waals surface area contributed by atoms with E-state index in [2.05, 4.69) is 18.8 Å². The topological polar surface area (TPSA) is 59.4 Å². The molecule has 1 heterocycles. The molecule has 1 N–H and O–H groups in total. The second kappa shape index (κ2) is 6.72. The van der Waals surface area contributed by atoms with Gasteiger partial charge in [-0.15, -0.1) is 11.3 Å². The molecule has 0 saturated heterocycles. The van der Waals surface area contributed by atoms with E-state index in [1.165, 1.54) is 6.07 Å². The Balaban J connectivity index is 2.04. The zero-order valence-corrected chi connectivity index (χ0v) is 13.2. The number of hydrogen-bond donors (Lipinski definition) is 1. The highest BCUT2D eigenvalue weighted by Crippen LogP contribution is 2.23. The Morgan fingerprint density at radius 2 is 2.19 bits per heavy atom. The fourth-order valence-corrected chi connectivity index (χ4v) is 3.12. The molecular formula is C16H19NO3S. The number of hydrogen-bond acceptors (Lipinski definition) is 4. The van der Waals surface area contributed by atoms with Crippen LogP contribution in [-0.4, -0.2) is 16.1 Å². The maximum atomic E-state index is 10.9. The van der Waals surface area contributed by atoms with Gasteiger partial charge < -0.3 is 9.84 Å². The van der Waals surface area contributed by atoms with Gasteiger partial charge >= 0.3 is 5.97 Å². The predicted molar refractivity (Wildman–Crippen MR) is 83.1 cm³/mol. The third-order valence-electron chi connectivity index (χ3n) is 2.97. The van der Waals surface area contributed by atoms with Gasteiger partial charge in [-0.25, -0.2) is 9.78 Å². The van der Waals surface area contributed by atoms with Crippen LogP contribution in [0, 0.1) is 12.8 Å². The molecule has 0 atom stereocenters. The smallest absolute Gasteiger partial charge is 0.335 e. The van der Waals surface area contributed by atoms with Crippen LogP contribution in [0.5, 0.6) is 5.75 Å². The Labute approximate surface area is 128 Å². The normalized spacial score (nSPS) is 10.9. The molecule has 21 heavy (non-hydrogen) atoms. The third kappa shape index (κ3) is 4.29. The molecule has 0 aliphatic carbocycles. The Morgan fingerprint density at radius 3 is 2.86 bits per heavy atom. The highest BCUT2D eigenvalue weighted by Gasteiger charge is 2.10. The third-order valence-corrected chi connectivity index (χ3v) is 4.12. The SMILES string of the molecule is Cc1nc(CC(C)C)sc1COc1cccc(C(=O)O)c1. The Kier molecular flexibility index (Phi) is 4.96. The van der Waals surface area contributed by atoms with Gasteiger partial charge in [-0.3, -0.25) is 0 Å². The van der Waals surface area contributed by atoms with E-state index in [4.69, 9.17) is 9.84 Å². The van der Waals surface area contributed by atoms with Gasteiger partial charge in [0.1, 0.15) is 12.4 Å². The van der Waals surface area contributed by atoms with Gasteiger partial charge in [0, 0.05) is 6.42 Å². The van der Waals surface area contributed by atoms with E-state index in [0.29, 0.717) is 18.3 Å². The van der Waals surface area contributed by atoms with Gasteiger partial charge in [0.25, 0.3) is 0 Å². The molecule has 1 aromatic heterocycles. The van der Waals surface area contributed by atoms with E-state index in [9.17, 15) is 4.79 Å². The lowest BCUT2D eigenvalue weighted by Crippen LogP contribution is -1.99. The summed E-state index contributed by atoms with van der Waals surface area (Å²) in [7, 11) is 0. The van der Waals surface area contributed by atoms with Crippen molar-refractivity contribution >= 4 is 17.3 Å². The summed E-state index contributed by atoms with van der Waals surface area (Å²) < 4.78 is 5.69. The first-order valence-corrected chi connectivity index (χ1v) is 7.68. The zero-order chi connectivity index (χ0) is 15.4. The van der Waals surface area contributed by atoms with Crippen molar-refractivity contribution in [1.29, 1.82) is 0 Å². The Morgan fingerprint density at radius 1 is 1.43 bits per heavy atom. The maximum absolute atomic E-state index is 10.9. The molecule has 0 radical (unpaired) electrons. The van der Waals surface area contributed by atoms with Crippen molar-refractivity contribution in [3.8, 4) is 5.75 Å². The fraction of sp³-hybridized carbons (Fsp3) is 0.375. The largest absolute Gasteiger partial charge is 0.488 e. The van der Waals surface area contributed by atoms with Crippen molar-refractivity contribution in [2.75, 3.05) is 0 Å². The van der Waals surface area contributed by atoms with Crippen molar-refractivity contribution < 1.29 is 14.6 Å². The van der Waals surface area contributed by atoms with E-state index in [0.717, 1.165) is 22.0 Å². The van der Waals surface area contributed by atoms with Crippen LogP contribution in [0.3, 0.4) is 0 Å². The molecule has 0 saturated carbocycles. The quantitative estimate of drug-likeness (QED) is 0.878. The molecule has 4 nitrogen and oxygen atoms in total. The van der Waals surface area contributed by atoms with E-state index in [-0.39, 0.29) is 5.56 Å². The lowest BCUT2D eigenvalue weighted by molar-refractivity contribution is 0.0696. The number of nitrogens with zero attached hydrogens (tertiary/aromatic N) is 1. The summed E-state index contributed by atoms with van der Waals surface area (Å²) in [5.41, 5.74) is 1.22. The maximum Gasteiger partial charge on any atom is 0.335 e. The summed E-state index contributed by atoms with van der Waals surface area (Å²) in [5, 5.41) is 10.1. The molecule has 5 heteroatoms. The van der Waals surface area contributed by atoms with E-state index >= 15 is 0 Å². The lowest BCUT2D eigenvalue weighted by Gasteiger charge is -2.05. The molecule has 2 rings (SSSR count). The number of aromatic carboxylic acids is 1. The van der Waals surface area contributed by atoms with E-state index in [1.807, 2.05) is 6.92 Å². The van der Waals surface area contributed by atoms with Crippen LogP contribution in [0.15, 0.2) is 24.3 Å². The molecule has 112 valence electrons. The zero-order valence-electron chi connectivity index (χ0n) is 12.4. The fourth-order valence-electron chi connectivity index (χ4n) is 1.93. The highest BCUT2D eigenvalue weighted by atomic mass is 32.1. The molecular weight excluding hydrogens is 286 g/mol. The van der Waals surface area contributed by atoms with Crippen molar-refractivity contribution in [3.05, 3.63) is 45.4 Å². The minimum absolute atomic E-state index is 0.231. The molecule has 0 bridgehead atoms. The minimum Gasteiger partial charge on any atom is -0.488 e. The number of thiazole rings is 1. The number of ether oxygens (including phenoxy) is 1. The van der Waals surface area contributed by atoms with Gasteiger partial charge in [0.05, 0.1) is 21.1 Å². The number of benzene rings is 1. The number of aromatic nitrogens is 1. The molecule has 0 spiro atoms. The standard InChI is InChI=1S/C16H19NO3S/c1-10(2)7-15-17-11(3)14(21-15)9-20-13-6-4-5-12(8-13)16(18)19/h4-6,8,10H,7,9H2,1-3H3,(H,18,19). The van der Waals surface area contributed by atoms with Crippen LogP contribution >= 0.6 is 11.3 Å². The van der Waals surface area contributed by atoms with Gasteiger partial charge in [0.15, 0.2) is 0 Å². The van der Waals surface area contributed by atoms with Crippen molar-refractivity contribution in [2.45, 2.75) is 33.8 Å². The Hall–Kier alpha value is -1.88. The van der Waals surface area contributed by atoms with Crippen LogP contribution in [0.1, 0.15) is 39.8 Å². The van der Waals surface area contributed by atoms with Crippen LogP contribution in [0.2, 0.25) is 0 Å². The monoisotopic (exact) mass is 305 g/mol. The number of carboxylic acid groups (broad SMARTS) is 1. The molecule has 0 unspecified atom stereocenters. The molecule has 0 amide bonds. The summed E-state index contributed by atoms with van der Waals surface area (Å²) in [4.78, 5) is 16.6. The van der Waals surface area contributed by atoms with Gasteiger partial charge in [-0.05, 0) is 31.0 Å². The minimum atomic E-state index is -0.950. The second-order valence-electron chi connectivity index (χ2n) is 5.34. The second-order valence-corrected chi connectivity index (χ2v) is 6.50. The van der Waals surface area contributed by atoms with Crippen LogP contribution < -0.4 is 4.74 Å². The Bertz CT molecular complexity index is 634. The summed E-state index contributed by atoms with van der Waals surface area (Å²) in [6, 6.07) is 6.53. The van der Waals surface area contributed by atoms with Gasteiger partial charge in [-0.2, -0.15) is 0 Å². The lowest BCUT2D eigenvalue weighted by atomic mass is 10.1. The molecule has 0 aliphatic heterocycles. The van der Waals surface area contributed by atoms with Crippen molar-refractivity contribution in [3.63, 3.8) is 0 Å². The highest BCUT2D eigenvalue weighted by molar-refractivity contribution is 7.11. The number of carboxylic acids is 1. The van der Waals surface area contributed by atoms with E-state index < -0.39 is 5.97 Å². The number of aryl methyl sites for hydroxylation is 1. The van der Waals surface area contributed by atoms with E-state index in [1.54, 1.807) is 29.5 Å². The summed E-state index contributed by atoms with van der Waals surface area (Å²) in [6.07, 6.45) is 0.972. The van der Waals surface area contributed by atoms with Crippen molar-refractivity contribution in [2.24, 2.45) is 5.92 Å². The van der Waals surface area contributed by atoms with Crippen molar-refractivity contribution in [1.82, 2.24) is 4.98 Å². The van der Waals surface area contributed by atoms with Gasteiger partial charge in [-0.1, -0.05) is 19.9 Å². The molecule has 0 aliphatic rings.